The van der Waals surface area contributed by atoms with Crippen LogP contribution >= 0.6 is 11.6 Å². The molecule has 7 rings (SSSR count). The van der Waals surface area contributed by atoms with Gasteiger partial charge in [-0.05, 0) is 61.6 Å². The average molecular weight is 804 g/mol. The number of nitro groups is 2. The topological polar surface area (TPSA) is 203 Å². The van der Waals surface area contributed by atoms with Crippen LogP contribution in [0.5, 0.6) is 17.2 Å². The van der Waals surface area contributed by atoms with Gasteiger partial charge in [0.25, 0.3) is 0 Å². The summed E-state index contributed by atoms with van der Waals surface area (Å²) in [6.45, 7) is 1.64. The molecule has 2 aliphatic carbocycles. The molecule has 0 radical (unpaired) electrons. The number of carbonyl (C=O) groups excluding carboxylic acids is 4. The second-order valence-corrected chi connectivity index (χ2v) is 15.1. The molecule has 3 aromatic rings. The van der Waals surface area contributed by atoms with E-state index in [2.05, 4.69) is 0 Å². The van der Waals surface area contributed by atoms with Gasteiger partial charge < -0.3 is 19.5 Å². The van der Waals surface area contributed by atoms with E-state index >= 15 is 0 Å². The zero-order valence-corrected chi connectivity index (χ0v) is 31.9. The maximum atomic E-state index is 14.6. The highest BCUT2D eigenvalue weighted by Crippen LogP contribution is 2.61. The molecule has 57 heavy (non-hydrogen) atoms. The molecular formula is C39H35ClFN5O11. The lowest BCUT2D eigenvalue weighted by molar-refractivity contribution is -0.392. The van der Waals surface area contributed by atoms with Crippen molar-refractivity contribution in [3.05, 3.63) is 96.8 Å². The Labute approximate surface area is 329 Å². The lowest BCUT2D eigenvalue weighted by Crippen LogP contribution is -2.49. The Morgan fingerprint density at radius 3 is 2.07 bits per heavy atom. The second-order valence-electron chi connectivity index (χ2n) is 14.7. The molecule has 0 aromatic heterocycles. The van der Waals surface area contributed by atoms with Crippen LogP contribution in [0.4, 0.5) is 32.8 Å². The number of allylic oxidation sites excluding steroid dienone is 3. The zero-order valence-electron chi connectivity index (χ0n) is 31.1. The number of rotatable bonds is 9. The summed E-state index contributed by atoms with van der Waals surface area (Å²) in [5, 5.41) is 34.5. The number of ether oxygens (including phenoxy) is 2. The lowest BCUT2D eigenvalue weighted by atomic mass is 9.52. The number of phenolic OH excluding ortho intramolecular Hbond substituents is 1. The van der Waals surface area contributed by atoms with E-state index in [1.807, 2.05) is 0 Å². The van der Waals surface area contributed by atoms with Crippen LogP contribution in [0.3, 0.4) is 0 Å². The van der Waals surface area contributed by atoms with Gasteiger partial charge in [-0.2, -0.15) is 0 Å². The van der Waals surface area contributed by atoms with Crippen molar-refractivity contribution in [1.29, 1.82) is 0 Å². The molecule has 0 unspecified atom stereocenters. The van der Waals surface area contributed by atoms with E-state index in [0.717, 1.165) is 28.0 Å². The third-order valence-corrected chi connectivity index (χ3v) is 11.9. The standard InChI is InChI=1S/C39H35ClFN5O11/c1-39-24(10-6-18-12-30(56-4)34(47)31(13-18)57-5)21-8-9-22-32(23(21)17-25(39)36(49)44(38(39)51)19-7-11-27(41)26(40)14-19)37(50)43(35(22)48)20-15-28(45(52)53)33(42(2)3)29(16-20)46(54)55/h6-8,10-16,22-25,32,47H,9,17H2,1-5H3/t22-,23+,24-,25-,32-,39-/m0/s1. The molecule has 0 spiro atoms. The summed E-state index contributed by atoms with van der Waals surface area (Å²) in [6.07, 6.45) is 5.08. The summed E-state index contributed by atoms with van der Waals surface area (Å²) >= 11 is 6.08. The van der Waals surface area contributed by atoms with Gasteiger partial charge in [0.05, 0.1) is 63.6 Å². The molecule has 2 aliphatic heterocycles. The normalized spacial score (nSPS) is 25.3. The van der Waals surface area contributed by atoms with Gasteiger partial charge in [0.2, 0.25) is 29.4 Å². The average Bonchev–Trinajstić information content (AvgIpc) is 3.54. The summed E-state index contributed by atoms with van der Waals surface area (Å²) in [6, 6.07) is 8.45. The fraction of sp³-hybridized carbons (Fsp3) is 0.333. The van der Waals surface area contributed by atoms with Crippen molar-refractivity contribution in [3.8, 4) is 17.2 Å². The van der Waals surface area contributed by atoms with Crippen LogP contribution in [0.2, 0.25) is 5.02 Å². The number of hydrogen-bond donors (Lipinski definition) is 1. The Balaban J connectivity index is 1.35. The molecule has 6 atom stereocenters. The number of anilines is 3. The molecule has 0 bridgehead atoms. The van der Waals surface area contributed by atoms with E-state index in [4.69, 9.17) is 21.1 Å². The third kappa shape index (κ3) is 5.86. The smallest absolute Gasteiger partial charge is 0.301 e. The van der Waals surface area contributed by atoms with Crippen molar-refractivity contribution in [2.24, 2.45) is 35.0 Å². The van der Waals surface area contributed by atoms with Gasteiger partial charge >= 0.3 is 11.4 Å². The highest BCUT2D eigenvalue weighted by Gasteiger charge is 2.67. The summed E-state index contributed by atoms with van der Waals surface area (Å²) in [5.74, 6) is -8.35. The van der Waals surface area contributed by atoms with Crippen LogP contribution in [0.15, 0.2) is 60.2 Å². The van der Waals surface area contributed by atoms with Gasteiger partial charge in [0.1, 0.15) is 5.82 Å². The minimum absolute atomic E-state index is 0.0168. The van der Waals surface area contributed by atoms with Crippen molar-refractivity contribution in [2.75, 3.05) is 43.0 Å². The van der Waals surface area contributed by atoms with Crippen LogP contribution in [0, 0.1) is 61.1 Å². The van der Waals surface area contributed by atoms with Gasteiger partial charge in [-0.3, -0.25) is 39.4 Å². The first-order valence-electron chi connectivity index (χ1n) is 17.6. The summed E-state index contributed by atoms with van der Waals surface area (Å²) in [7, 11) is 5.50. The summed E-state index contributed by atoms with van der Waals surface area (Å²) < 4.78 is 24.9. The summed E-state index contributed by atoms with van der Waals surface area (Å²) in [4.78, 5) is 83.3. The first-order valence-corrected chi connectivity index (χ1v) is 18.0. The van der Waals surface area contributed by atoms with E-state index < -0.39 is 85.7 Å². The molecule has 4 amide bonds. The molecule has 1 N–H and O–H groups in total. The van der Waals surface area contributed by atoms with E-state index in [1.165, 1.54) is 57.5 Å². The number of fused-ring (bicyclic) bond motifs is 4. The molecule has 4 aliphatic rings. The number of hydrogen-bond acceptors (Lipinski definition) is 12. The predicted octanol–water partition coefficient (Wildman–Crippen LogP) is 6.07. The molecular weight excluding hydrogens is 769 g/mol. The molecule has 3 fully saturated rings. The fourth-order valence-corrected chi connectivity index (χ4v) is 9.19. The third-order valence-electron chi connectivity index (χ3n) is 11.6. The van der Waals surface area contributed by atoms with Gasteiger partial charge in [-0.25, -0.2) is 14.2 Å². The number of halogens is 2. The SMILES string of the molecule is COc1cc(C=C[C@H]2C3=CC[C@@H]4C(=O)N(c5cc([N+](=O)[O-])c(N(C)C)c([N+](=O)[O-])c5)C(=O)[C@@H]4[C@@H]3C[C@H]3C(=O)N(c4ccc(F)c(Cl)c4)C(=O)[C@@]23C)cc(OC)c1O. The molecule has 3 aromatic carbocycles. The number of aromatic hydroxyl groups is 1. The zero-order chi connectivity index (χ0) is 41.4. The van der Waals surface area contributed by atoms with Crippen LogP contribution in [0.1, 0.15) is 25.3 Å². The fourth-order valence-electron chi connectivity index (χ4n) is 9.02. The quantitative estimate of drug-likeness (QED) is 0.113. The second kappa shape index (κ2) is 14.0. The largest absolute Gasteiger partial charge is 0.502 e. The van der Waals surface area contributed by atoms with Crippen molar-refractivity contribution in [2.45, 2.75) is 19.8 Å². The van der Waals surface area contributed by atoms with Gasteiger partial charge in [0, 0.05) is 32.1 Å². The Hall–Kier alpha value is -6.36. The number of phenols is 1. The Morgan fingerprint density at radius 1 is 0.912 bits per heavy atom. The number of nitro benzene ring substituents is 2. The van der Waals surface area contributed by atoms with Crippen LogP contribution in [-0.2, 0) is 19.2 Å². The molecule has 2 saturated heterocycles. The maximum absolute atomic E-state index is 14.6. The molecule has 1 saturated carbocycles. The minimum Gasteiger partial charge on any atom is -0.502 e. The van der Waals surface area contributed by atoms with Gasteiger partial charge in [-0.1, -0.05) is 35.4 Å². The molecule has 296 valence electrons. The van der Waals surface area contributed by atoms with Crippen LogP contribution in [0.25, 0.3) is 6.08 Å². The maximum Gasteiger partial charge on any atom is 0.301 e. The van der Waals surface area contributed by atoms with Crippen molar-refractivity contribution in [3.63, 3.8) is 0 Å². The first-order chi connectivity index (χ1) is 27.0. The molecule has 16 nitrogen and oxygen atoms in total. The van der Waals surface area contributed by atoms with Crippen LogP contribution in [-0.4, -0.2) is 66.9 Å². The Bertz CT molecular complexity index is 2320. The highest BCUT2D eigenvalue weighted by molar-refractivity contribution is 6.32. The van der Waals surface area contributed by atoms with Crippen molar-refractivity contribution >= 4 is 69.7 Å². The monoisotopic (exact) mass is 803 g/mol. The van der Waals surface area contributed by atoms with E-state index in [0.29, 0.717) is 11.1 Å². The Morgan fingerprint density at radius 2 is 1.53 bits per heavy atom. The number of benzene rings is 3. The number of imide groups is 2. The minimum atomic E-state index is -1.47. The van der Waals surface area contributed by atoms with Gasteiger partial charge in [-0.15, -0.1) is 0 Å². The van der Waals surface area contributed by atoms with Crippen molar-refractivity contribution < 1.29 is 48.0 Å². The van der Waals surface area contributed by atoms with Crippen molar-refractivity contribution in [1.82, 2.24) is 0 Å². The van der Waals surface area contributed by atoms with E-state index in [9.17, 15) is 48.9 Å². The molecule has 18 heteroatoms. The number of amides is 4. The number of nitrogens with zero attached hydrogens (tertiary/aromatic N) is 5. The Kier molecular flexibility index (Phi) is 9.54. The predicted molar refractivity (Wildman–Crippen MR) is 204 cm³/mol. The lowest BCUT2D eigenvalue weighted by Gasteiger charge is -2.47. The van der Waals surface area contributed by atoms with E-state index in [-0.39, 0.29) is 52.2 Å². The highest BCUT2D eigenvalue weighted by atomic mass is 35.5. The number of carbonyl (C=O) groups is 4. The first kappa shape index (κ1) is 38.9. The number of methoxy groups -OCH3 is 2. The molecule has 2 heterocycles. The van der Waals surface area contributed by atoms with Crippen LogP contribution < -0.4 is 24.2 Å². The van der Waals surface area contributed by atoms with Gasteiger partial charge in [0.15, 0.2) is 17.2 Å². The van der Waals surface area contributed by atoms with E-state index in [1.54, 1.807) is 25.2 Å². The summed E-state index contributed by atoms with van der Waals surface area (Å²) in [5.41, 5.74) is -2.39.